The molecule has 3 aromatic rings. The minimum absolute atomic E-state index is 0.156. The fourth-order valence-electron chi connectivity index (χ4n) is 3.55. The second kappa shape index (κ2) is 9.50. The molecule has 1 aromatic heterocycles. The van der Waals surface area contributed by atoms with Crippen molar-refractivity contribution in [1.82, 2.24) is 14.8 Å². The van der Waals surface area contributed by atoms with Crippen LogP contribution >= 0.6 is 11.6 Å². The van der Waals surface area contributed by atoms with E-state index in [-0.39, 0.29) is 24.9 Å². The monoisotopic (exact) mass is 456 g/mol. The van der Waals surface area contributed by atoms with E-state index in [4.69, 9.17) is 21.1 Å². The van der Waals surface area contributed by atoms with E-state index in [1.165, 1.54) is 0 Å². The van der Waals surface area contributed by atoms with Crippen molar-refractivity contribution in [2.24, 2.45) is 0 Å². The molecule has 2 N–H and O–H groups in total. The third-order valence-corrected chi connectivity index (χ3v) is 5.54. The first-order valence-electron chi connectivity index (χ1n) is 10.3. The molecule has 2 amide bonds. The van der Waals surface area contributed by atoms with Gasteiger partial charge in [-0.2, -0.15) is 0 Å². The number of pyridine rings is 1. The van der Waals surface area contributed by atoms with Crippen LogP contribution in [-0.4, -0.2) is 54.8 Å². The average Bonchev–Trinajstić information content (AvgIpc) is 3.20. The SMILES string of the molecule is CN(C)CCCN(Cc1cc2cc3c(cc2[nH]c1=O)OCO3)C(=O)Nc1ccccc1Cl. The van der Waals surface area contributed by atoms with Crippen molar-refractivity contribution in [2.45, 2.75) is 13.0 Å². The van der Waals surface area contributed by atoms with Crippen LogP contribution in [0.2, 0.25) is 5.02 Å². The number of halogens is 1. The topological polar surface area (TPSA) is 86.9 Å². The fraction of sp³-hybridized carbons (Fsp3) is 0.304. The molecular weight excluding hydrogens is 432 g/mol. The summed E-state index contributed by atoms with van der Waals surface area (Å²) in [7, 11) is 3.96. The van der Waals surface area contributed by atoms with Gasteiger partial charge in [-0.1, -0.05) is 23.7 Å². The third-order valence-electron chi connectivity index (χ3n) is 5.21. The van der Waals surface area contributed by atoms with E-state index in [0.29, 0.717) is 39.8 Å². The number of nitrogens with zero attached hydrogens (tertiary/aromatic N) is 2. The molecule has 1 aliphatic rings. The number of H-pyrrole nitrogens is 1. The zero-order valence-electron chi connectivity index (χ0n) is 18.0. The number of carbonyl (C=O) groups excluding carboxylic acids is 1. The van der Waals surface area contributed by atoms with E-state index in [2.05, 4.69) is 15.2 Å². The first-order chi connectivity index (χ1) is 15.4. The molecule has 0 atom stereocenters. The van der Waals surface area contributed by atoms with Crippen molar-refractivity contribution < 1.29 is 14.3 Å². The first kappa shape index (κ1) is 22.0. The van der Waals surface area contributed by atoms with Gasteiger partial charge < -0.3 is 29.6 Å². The van der Waals surface area contributed by atoms with E-state index in [0.717, 1.165) is 18.4 Å². The molecule has 0 saturated heterocycles. The summed E-state index contributed by atoms with van der Waals surface area (Å²) in [5.74, 6) is 1.24. The molecule has 0 saturated carbocycles. The standard InChI is InChI=1S/C23H25ClN4O4/c1-27(2)8-5-9-28(23(30)26-18-7-4-3-6-17(18)24)13-16-10-15-11-20-21(32-14-31-20)12-19(15)25-22(16)29/h3-4,6-7,10-12H,5,8-9,13-14H2,1-2H3,(H,25,29)(H,26,30). The molecule has 8 nitrogen and oxygen atoms in total. The molecule has 32 heavy (non-hydrogen) atoms. The largest absolute Gasteiger partial charge is 0.454 e. The molecule has 0 bridgehead atoms. The zero-order valence-corrected chi connectivity index (χ0v) is 18.7. The van der Waals surface area contributed by atoms with Crippen molar-refractivity contribution in [3.05, 3.63) is 63.4 Å². The molecule has 168 valence electrons. The molecule has 0 fully saturated rings. The third kappa shape index (κ3) is 4.98. The number of para-hydroxylation sites is 1. The second-order valence-corrected chi connectivity index (χ2v) is 8.31. The smallest absolute Gasteiger partial charge is 0.322 e. The van der Waals surface area contributed by atoms with Crippen LogP contribution in [0.5, 0.6) is 11.5 Å². The van der Waals surface area contributed by atoms with Crippen LogP contribution in [0.4, 0.5) is 10.5 Å². The maximum Gasteiger partial charge on any atom is 0.322 e. The van der Waals surface area contributed by atoms with Crippen LogP contribution in [0, 0.1) is 0 Å². The van der Waals surface area contributed by atoms with Gasteiger partial charge in [-0.15, -0.1) is 0 Å². The summed E-state index contributed by atoms with van der Waals surface area (Å²) in [6, 6.07) is 12.1. The Hall–Kier alpha value is -3.23. The number of fused-ring (bicyclic) bond motifs is 2. The summed E-state index contributed by atoms with van der Waals surface area (Å²) >= 11 is 6.20. The normalized spacial score (nSPS) is 12.4. The summed E-state index contributed by atoms with van der Waals surface area (Å²) < 4.78 is 10.8. The summed E-state index contributed by atoms with van der Waals surface area (Å²) in [5.41, 5.74) is 1.41. The van der Waals surface area contributed by atoms with Gasteiger partial charge in [-0.3, -0.25) is 4.79 Å². The van der Waals surface area contributed by atoms with Gasteiger partial charge in [0.25, 0.3) is 5.56 Å². The number of benzene rings is 2. The Morgan fingerprint density at radius 2 is 1.88 bits per heavy atom. The number of ether oxygens (including phenoxy) is 2. The van der Waals surface area contributed by atoms with Gasteiger partial charge in [0.2, 0.25) is 6.79 Å². The Morgan fingerprint density at radius 1 is 1.12 bits per heavy atom. The van der Waals surface area contributed by atoms with Crippen molar-refractivity contribution in [3.8, 4) is 11.5 Å². The van der Waals surface area contributed by atoms with Gasteiger partial charge in [0.05, 0.1) is 22.8 Å². The molecule has 9 heteroatoms. The lowest BCUT2D eigenvalue weighted by Gasteiger charge is -2.24. The lowest BCUT2D eigenvalue weighted by atomic mass is 10.1. The first-order valence-corrected chi connectivity index (χ1v) is 10.7. The van der Waals surface area contributed by atoms with Gasteiger partial charge in [-0.25, -0.2) is 4.79 Å². The molecule has 4 rings (SSSR count). The minimum atomic E-state index is -0.318. The number of carbonyl (C=O) groups is 1. The lowest BCUT2D eigenvalue weighted by Crippen LogP contribution is -2.37. The number of anilines is 1. The highest BCUT2D eigenvalue weighted by Crippen LogP contribution is 2.35. The quantitative estimate of drug-likeness (QED) is 0.563. The van der Waals surface area contributed by atoms with E-state index in [1.807, 2.05) is 20.2 Å². The van der Waals surface area contributed by atoms with Gasteiger partial charge in [0, 0.05) is 23.6 Å². The Bertz CT molecular complexity index is 1190. The van der Waals surface area contributed by atoms with Gasteiger partial charge in [0.1, 0.15) is 0 Å². The predicted octanol–water partition coefficient (Wildman–Crippen LogP) is 3.90. The molecule has 0 aliphatic carbocycles. The summed E-state index contributed by atoms with van der Waals surface area (Å²) in [6.07, 6.45) is 0.757. The number of amides is 2. The van der Waals surface area contributed by atoms with Crippen LogP contribution < -0.4 is 20.3 Å². The van der Waals surface area contributed by atoms with Crippen molar-refractivity contribution in [3.63, 3.8) is 0 Å². The Balaban J connectivity index is 1.59. The lowest BCUT2D eigenvalue weighted by molar-refractivity contribution is 0.174. The van der Waals surface area contributed by atoms with Crippen LogP contribution in [0.1, 0.15) is 12.0 Å². The minimum Gasteiger partial charge on any atom is -0.454 e. The predicted molar refractivity (Wildman–Crippen MR) is 125 cm³/mol. The van der Waals surface area contributed by atoms with Crippen molar-refractivity contribution in [2.75, 3.05) is 39.3 Å². The number of urea groups is 1. The zero-order chi connectivity index (χ0) is 22.7. The Labute approximate surface area is 190 Å². The number of hydrogen-bond acceptors (Lipinski definition) is 5. The van der Waals surface area contributed by atoms with Crippen LogP contribution in [0.3, 0.4) is 0 Å². The highest BCUT2D eigenvalue weighted by molar-refractivity contribution is 6.33. The van der Waals surface area contributed by atoms with Crippen LogP contribution in [-0.2, 0) is 6.54 Å². The Morgan fingerprint density at radius 3 is 2.62 bits per heavy atom. The number of rotatable bonds is 7. The van der Waals surface area contributed by atoms with E-state index in [1.54, 1.807) is 41.3 Å². The molecular formula is C23H25ClN4O4. The maximum atomic E-state index is 13.1. The van der Waals surface area contributed by atoms with Gasteiger partial charge >= 0.3 is 6.03 Å². The van der Waals surface area contributed by atoms with Gasteiger partial charge in [0.15, 0.2) is 11.5 Å². The van der Waals surface area contributed by atoms with Gasteiger partial charge in [-0.05, 0) is 51.3 Å². The molecule has 2 heterocycles. The van der Waals surface area contributed by atoms with E-state index in [9.17, 15) is 9.59 Å². The molecule has 0 radical (unpaired) electrons. The summed E-state index contributed by atoms with van der Waals surface area (Å²) in [5, 5.41) is 4.11. The number of aromatic amines is 1. The average molecular weight is 457 g/mol. The second-order valence-electron chi connectivity index (χ2n) is 7.90. The van der Waals surface area contributed by atoms with Crippen LogP contribution in [0.25, 0.3) is 10.9 Å². The molecule has 1 aliphatic heterocycles. The maximum absolute atomic E-state index is 13.1. The van der Waals surface area contributed by atoms with Crippen LogP contribution in [0.15, 0.2) is 47.3 Å². The molecule has 0 spiro atoms. The number of nitrogens with one attached hydrogen (secondary N) is 2. The van der Waals surface area contributed by atoms with E-state index < -0.39 is 0 Å². The highest BCUT2D eigenvalue weighted by atomic mass is 35.5. The number of aromatic nitrogens is 1. The van der Waals surface area contributed by atoms with Crippen molar-refractivity contribution >= 4 is 34.2 Å². The fourth-order valence-corrected chi connectivity index (χ4v) is 3.73. The Kier molecular flexibility index (Phi) is 6.53. The van der Waals surface area contributed by atoms with Crippen molar-refractivity contribution in [1.29, 1.82) is 0 Å². The van der Waals surface area contributed by atoms with E-state index >= 15 is 0 Å². The number of hydrogen-bond donors (Lipinski definition) is 2. The summed E-state index contributed by atoms with van der Waals surface area (Å²) in [4.78, 5) is 32.4. The molecule has 2 aromatic carbocycles. The summed E-state index contributed by atoms with van der Waals surface area (Å²) in [6.45, 7) is 1.61. The highest BCUT2D eigenvalue weighted by Gasteiger charge is 2.19. The molecule has 0 unspecified atom stereocenters.